The number of benzene rings is 2. The highest BCUT2D eigenvalue weighted by Crippen LogP contribution is 2.23. The molecule has 2 aromatic rings. The second kappa shape index (κ2) is 11.3. The number of carbonyl (C=O) groups excluding carboxylic acids is 1. The molecule has 0 aliphatic carbocycles. The Hall–Kier alpha value is -2.49. The Kier molecular flexibility index (Phi) is 8.69. The Morgan fingerprint density at radius 1 is 1.00 bits per heavy atom. The smallest absolute Gasteiger partial charge is 0.243 e. The number of hydrogen-bond acceptors (Lipinski definition) is 3. The third kappa shape index (κ3) is 7.33. The molecular formula is C23H32N2O2. The molecule has 0 aliphatic heterocycles. The third-order valence-electron chi connectivity index (χ3n) is 4.43. The number of anilines is 2. The van der Waals surface area contributed by atoms with Crippen molar-refractivity contribution in [3.8, 4) is 5.75 Å². The van der Waals surface area contributed by atoms with Crippen molar-refractivity contribution in [2.24, 2.45) is 0 Å². The van der Waals surface area contributed by atoms with E-state index in [4.69, 9.17) is 4.74 Å². The Morgan fingerprint density at radius 2 is 1.74 bits per heavy atom. The van der Waals surface area contributed by atoms with Gasteiger partial charge in [-0.25, -0.2) is 0 Å². The number of amides is 1. The van der Waals surface area contributed by atoms with Gasteiger partial charge in [0.25, 0.3) is 0 Å². The van der Waals surface area contributed by atoms with Gasteiger partial charge in [-0.2, -0.15) is 0 Å². The fraction of sp³-hybridized carbons (Fsp3) is 0.435. The van der Waals surface area contributed by atoms with Crippen LogP contribution in [0.1, 0.15) is 57.9 Å². The first-order valence-corrected chi connectivity index (χ1v) is 9.95. The highest BCUT2D eigenvalue weighted by Gasteiger charge is 2.09. The molecule has 0 aliphatic rings. The predicted octanol–water partition coefficient (Wildman–Crippen LogP) is 5.82. The van der Waals surface area contributed by atoms with E-state index < -0.39 is 0 Å². The average molecular weight is 369 g/mol. The minimum atomic E-state index is -0.0562. The third-order valence-corrected chi connectivity index (χ3v) is 4.43. The summed E-state index contributed by atoms with van der Waals surface area (Å²) in [5.74, 6) is 1.18. The first kappa shape index (κ1) is 20.8. The van der Waals surface area contributed by atoms with Crippen molar-refractivity contribution < 1.29 is 9.53 Å². The van der Waals surface area contributed by atoms with E-state index in [1.54, 1.807) is 0 Å². The van der Waals surface area contributed by atoms with Gasteiger partial charge in [-0.15, -0.1) is 0 Å². The van der Waals surface area contributed by atoms with Gasteiger partial charge in [-0.3, -0.25) is 4.79 Å². The quantitative estimate of drug-likeness (QED) is 0.491. The molecule has 0 radical (unpaired) electrons. The minimum Gasteiger partial charge on any atom is -0.494 e. The lowest BCUT2D eigenvalue weighted by atomic mass is 10.0. The summed E-state index contributed by atoms with van der Waals surface area (Å²) in [6.45, 7) is 7.43. The molecule has 2 N–H and O–H groups in total. The molecule has 27 heavy (non-hydrogen) atoms. The van der Waals surface area contributed by atoms with Crippen LogP contribution < -0.4 is 15.4 Å². The lowest BCUT2D eigenvalue weighted by Gasteiger charge is -2.14. The minimum absolute atomic E-state index is 0.0562. The Bertz CT molecular complexity index is 696. The Morgan fingerprint density at radius 3 is 2.44 bits per heavy atom. The first-order valence-electron chi connectivity index (χ1n) is 9.95. The van der Waals surface area contributed by atoms with Gasteiger partial charge in [0, 0.05) is 11.4 Å². The second-order valence-electron chi connectivity index (χ2n) is 7.08. The van der Waals surface area contributed by atoms with Crippen molar-refractivity contribution in [2.75, 3.05) is 23.8 Å². The van der Waals surface area contributed by atoms with Crippen molar-refractivity contribution in [3.63, 3.8) is 0 Å². The summed E-state index contributed by atoms with van der Waals surface area (Å²) < 4.78 is 5.74. The zero-order valence-electron chi connectivity index (χ0n) is 16.8. The summed E-state index contributed by atoms with van der Waals surface area (Å²) >= 11 is 0. The van der Waals surface area contributed by atoms with E-state index in [2.05, 4.69) is 37.5 Å². The van der Waals surface area contributed by atoms with Crippen LogP contribution in [0.4, 0.5) is 11.4 Å². The fourth-order valence-electron chi connectivity index (χ4n) is 2.88. The van der Waals surface area contributed by atoms with Gasteiger partial charge in [-0.1, -0.05) is 58.2 Å². The molecular weight excluding hydrogens is 336 g/mol. The molecule has 1 amide bonds. The van der Waals surface area contributed by atoms with Crippen molar-refractivity contribution in [1.29, 1.82) is 0 Å². The zero-order valence-corrected chi connectivity index (χ0v) is 16.8. The van der Waals surface area contributed by atoms with Crippen LogP contribution in [0.2, 0.25) is 0 Å². The van der Waals surface area contributed by atoms with Crippen LogP contribution >= 0.6 is 0 Å². The van der Waals surface area contributed by atoms with E-state index in [1.165, 1.54) is 19.3 Å². The van der Waals surface area contributed by atoms with E-state index in [-0.39, 0.29) is 12.5 Å². The van der Waals surface area contributed by atoms with E-state index in [0.717, 1.165) is 35.7 Å². The second-order valence-corrected chi connectivity index (χ2v) is 7.08. The van der Waals surface area contributed by atoms with Gasteiger partial charge >= 0.3 is 0 Å². The molecule has 2 rings (SSSR count). The van der Waals surface area contributed by atoms with Crippen LogP contribution in [0.25, 0.3) is 0 Å². The number of carbonyl (C=O) groups is 1. The maximum Gasteiger partial charge on any atom is 0.243 e. The van der Waals surface area contributed by atoms with Gasteiger partial charge in [0.1, 0.15) is 5.75 Å². The molecule has 0 spiro atoms. The highest BCUT2D eigenvalue weighted by atomic mass is 16.5. The molecule has 0 unspecified atom stereocenters. The standard InChI is InChI=1S/C23H32N2O2/c1-4-5-6-9-16-27-20-14-12-19(13-15-20)24-17-23(26)25-22-11-8-7-10-21(22)18(2)3/h7-8,10-15,18,24H,4-6,9,16-17H2,1-3H3,(H,25,26). The fourth-order valence-corrected chi connectivity index (χ4v) is 2.88. The van der Waals surface area contributed by atoms with Crippen molar-refractivity contribution in [2.45, 2.75) is 52.4 Å². The van der Waals surface area contributed by atoms with Crippen molar-refractivity contribution in [1.82, 2.24) is 0 Å². The molecule has 0 saturated heterocycles. The van der Waals surface area contributed by atoms with Gasteiger partial charge in [0.2, 0.25) is 5.91 Å². The van der Waals surface area contributed by atoms with Crippen LogP contribution in [0.3, 0.4) is 0 Å². The maximum atomic E-state index is 12.3. The molecule has 0 atom stereocenters. The number of ether oxygens (including phenoxy) is 1. The number of unbranched alkanes of at least 4 members (excludes halogenated alkanes) is 3. The van der Waals surface area contributed by atoms with E-state index in [0.29, 0.717) is 5.92 Å². The van der Waals surface area contributed by atoms with Gasteiger partial charge in [-0.05, 0) is 48.2 Å². The predicted molar refractivity (Wildman–Crippen MR) is 114 cm³/mol. The number of rotatable bonds is 11. The van der Waals surface area contributed by atoms with Crippen LogP contribution in [-0.2, 0) is 4.79 Å². The molecule has 2 aromatic carbocycles. The molecule has 0 fully saturated rings. The summed E-state index contributed by atoms with van der Waals surface area (Å²) in [4.78, 5) is 12.3. The largest absolute Gasteiger partial charge is 0.494 e. The summed E-state index contributed by atoms with van der Waals surface area (Å²) in [5, 5.41) is 6.15. The van der Waals surface area contributed by atoms with Crippen LogP contribution in [0.5, 0.6) is 5.75 Å². The number of hydrogen-bond donors (Lipinski definition) is 2. The van der Waals surface area contributed by atoms with Gasteiger partial charge < -0.3 is 15.4 Å². The Balaban J connectivity index is 1.77. The normalized spacial score (nSPS) is 10.7. The van der Waals surface area contributed by atoms with E-state index in [9.17, 15) is 4.79 Å². The first-order chi connectivity index (χ1) is 13.1. The molecule has 4 nitrogen and oxygen atoms in total. The SMILES string of the molecule is CCCCCCOc1ccc(NCC(=O)Nc2ccccc2C(C)C)cc1. The van der Waals surface area contributed by atoms with Gasteiger partial charge in [0.05, 0.1) is 13.2 Å². The highest BCUT2D eigenvalue weighted by molar-refractivity contribution is 5.94. The van der Waals surface area contributed by atoms with Crippen molar-refractivity contribution >= 4 is 17.3 Å². The summed E-state index contributed by atoms with van der Waals surface area (Å²) in [5.41, 5.74) is 2.93. The summed E-state index contributed by atoms with van der Waals surface area (Å²) in [6, 6.07) is 15.7. The zero-order chi connectivity index (χ0) is 19.5. The molecule has 0 heterocycles. The van der Waals surface area contributed by atoms with Crippen LogP contribution in [0.15, 0.2) is 48.5 Å². The van der Waals surface area contributed by atoms with Crippen LogP contribution in [-0.4, -0.2) is 19.1 Å². The monoisotopic (exact) mass is 368 g/mol. The van der Waals surface area contributed by atoms with E-state index in [1.807, 2.05) is 42.5 Å². The van der Waals surface area contributed by atoms with E-state index >= 15 is 0 Å². The molecule has 4 heteroatoms. The summed E-state index contributed by atoms with van der Waals surface area (Å²) in [7, 11) is 0. The van der Waals surface area contributed by atoms with Crippen molar-refractivity contribution in [3.05, 3.63) is 54.1 Å². The van der Waals surface area contributed by atoms with Crippen LogP contribution in [0, 0.1) is 0 Å². The average Bonchev–Trinajstić information content (AvgIpc) is 2.67. The summed E-state index contributed by atoms with van der Waals surface area (Å²) in [6.07, 6.45) is 4.80. The number of nitrogens with one attached hydrogen (secondary N) is 2. The topological polar surface area (TPSA) is 50.4 Å². The maximum absolute atomic E-state index is 12.3. The lowest BCUT2D eigenvalue weighted by Crippen LogP contribution is -2.22. The molecule has 0 bridgehead atoms. The lowest BCUT2D eigenvalue weighted by molar-refractivity contribution is -0.114. The van der Waals surface area contributed by atoms with Gasteiger partial charge in [0.15, 0.2) is 0 Å². The number of para-hydroxylation sites is 1. The molecule has 0 aromatic heterocycles. The molecule has 0 saturated carbocycles. The Labute approximate surface area is 163 Å². The molecule has 146 valence electrons.